The molecule has 0 radical (unpaired) electrons. The lowest BCUT2D eigenvalue weighted by Gasteiger charge is -2.21. The van der Waals surface area contributed by atoms with Crippen molar-refractivity contribution in [2.24, 2.45) is 0 Å². The van der Waals surface area contributed by atoms with Gasteiger partial charge in [-0.15, -0.1) is 11.8 Å². The quantitative estimate of drug-likeness (QED) is 0.368. The monoisotopic (exact) mass is 428 g/mol. The fourth-order valence-electron chi connectivity index (χ4n) is 3.41. The first-order valence-corrected chi connectivity index (χ1v) is 9.77. The summed E-state index contributed by atoms with van der Waals surface area (Å²) in [5, 5.41) is 0. The van der Waals surface area contributed by atoms with E-state index in [0.29, 0.717) is 11.3 Å². The summed E-state index contributed by atoms with van der Waals surface area (Å²) in [6, 6.07) is 7.61. The van der Waals surface area contributed by atoms with Gasteiger partial charge in [0, 0.05) is 16.2 Å². The SMILES string of the molecule is Fc1ccc2c(c1F)CSc1cc3c(cc1C2I)CCCC3. The highest BCUT2D eigenvalue weighted by molar-refractivity contribution is 14.1. The summed E-state index contributed by atoms with van der Waals surface area (Å²) in [5.41, 5.74) is 5.59. The van der Waals surface area contributed by atoms with Gasteiger partial charge in [-0.1, -0.05) is 34.7 Å². The number of hydrogen-bond acceptors (Lipinski definition) is 1. The molecular formula is C18H15F2IS. The number of benzene rings is 2. The van der Waals surface area contributed by atoms with E-state index in [1.54, 1.807) is 17.8 Å². The summed E-state index contributed by atoms with van der Waals surface area (Å²) in [4.78, 5) is 1.23. The molecule has 22 heavy (non-hydrogen) atoms. The highest BCUT2D eigenvalue weighted by Gasteiger charge is 2.27. The lowest BCUT2D eigenvalue weighted by molar-refractivity contribution is 0.501. The largest absolute Gasteiger partial charge is 0.204 e. The van der Waals surface area contributed by atoms with Gasteiger partial charge in [0.25, 0.3) is 0 Å². The van der Waals surface area contributed by atoms with Crippen LogP contribution in [0.5, 0.6) is 0 Å². The van der Waals surface area contributed by atoms with Crippen LogP contribution in [0.4, 0.5) is 8.78 Å². The zero-order chi connectivity index (χ0) is 15.3. The molecule has 1 unspecified atom stereocenters. The van der Waals surface area contributed by atoms with E-state index in [1.807, 2.05) is 0 Å². The van der Waals surface area contributed by atoms with Gasteiger partial charge in [0.05, 0.1) is 3.92 Å². The first kappa shape index (κ1) is 14.9. The van der Waals surface area contributed by atoms with E-state index < -0.39 is 11.6 Å². The third kappa shape index (κ3) is 2.39. The van der Waals surface area contributed by atoms with Crippen LogP contribution >= 0.6 is 34.4 Å². The molecule has 0 nitrogen and oxygen atoms in total. The van der Waals surface area contributed by atoms with E-state index in [9.17, 15) is 8.78 Å². The Morgan fingerprint density at radius 1 is 1.00 bits per heavy atom. The summed E-state index contributed by atoms with van der Waals surface area (Å²) in [6.07, 6.45) is 4.79. The average Bonchev–Trinajstić information content (AvgIpc) is 2.67. The van der Waals surface area contributed by atoms with Crippen molar-refractivity contribution in [1.29, 1.82) is 0 Å². The molecule has 1 aliphatic carbocycles. The molecule has 2 aliphatic rings. The van der Waals surface area contributed by atoms with E-state index in [-0.39, 0.29) is 3.92 Å². The van der Waals surface area contributed by atoms with Crippen molar-refractivity contribution in [3.8, 4) is 0 Å². The standard InChI is InChI=1S/C18H15F2IS/c19-15-6-5-12-14(17(15)20)9-22-16-8-11-4-2-1-3-10(11)7-13(16)18(12)21/h5-8,18H,1-4,9H2. The van der Waals surface area contributed by atoms with Crippen molar-refractivity contribution in [2.45, 2.75) is 40.3 Å². The van der Waals surface area contributed by atoms with Crippen molar-refractivity contribution in [3.05, 3.63) is 63.7 Å². The molecule has 114 valence electrons. The van der Waals surface area contributed by atoms with Crippen LogP contribution in [0.25, 0.3) is 0 Å². The van der Waals surface area contributed by atoms with Crippen LogP contribution in [0.2, 0.25) is 0 Å². The number of fused-ring (bicyclic) bond motifs is 3. The molecule has 2 aromatic carbocycles. The second kappa shape index (κ2) is 5.78. The molecule has 1 atom stereocenters. The van der Waals surface area contributed by atoms with Crippen LogP contribution in [0, 0.1) is 11.6 Å². The molecule has 4 rings (SSSR count). The summed E-state index contributed by atoms with van der Waals surface area (Å²) in [5.74, 6) is -0.915. The van der Waals surface area contributed by atoms with Gasteiger partial charge in [0.2, 0.25) is 0 Å². The molecule has 0 spiro atoms. The highest BCUT2D eigenvalue weighted by Crippen LogP contribution is 2.46. The van der Waals surface area contributed by atoms with Gasteiger partial charge >= 0.3 is 0 Å². The summed E-state index contributed by atoms with van der Waals surface area (Å²) < 4.78 is 27.8. The minimum Gasteiger partial charge on any atom is -0.204 e. The van der Waals surface area contributed by atoms with Crippen LogP contribution in [0.3, 0.4) is 0 Å². The maximum Gasteiger partial charge on any atom is 0.163 e. The third-order valence-corrected chi connectivity index (χ3v) is 7.06. The van der Waals surface area contributed by atoms with E-state index in [4.69, 9.17) is 0 Å². The van der Waals surface area contributed by atoms with Gasteiger partial charge in [-0.05, 0) is 60.1 Å². The van der Waals surface area contributed by atoms with Gasteiger partial charge in [0.1, 0.15) is 0 Å². The van der Waals surface area contributed by atoms with E-state index in [0.717, 1.165) is 18.4 Å². The number of hydrogen-bond donors (Lipinski definition) is 0. The van der Waals surface area contributed by atoms with Gasteiger partial charge in [-0.3, -0.25) is 0 Å². The normalized spacial score (nSPS) is 19.9. The molecule has 0 N–H and O–H groups in total. The minimum atomic E-state index is -0.742. The van der Waals surface area contributed by atoms with Crippen molar-refractivity contribution in [2.75, 3.05) is 0 Å². The maximum atomic E-state index is 14.2. The molecule has 0 saturated carbocycles. The molecular weight excluding hydrogens is 413 g/mol. The van der Waals surface area contributed by atoms with Gasteiger partial charge in [-0.25, -0.2) is 8.78 Å². The van der Waals surface area contributed by atoms with Crippen LogP contribution in [0.15, 0.2) is 29.2 Å². The molecule has 0 aromatic heterocycles. The van der Waals surface area contributed by atoms with Crippen LogP contribution in [-0.2, 0) is 18.6 Å². The highest BCUT2D eigenvalue weighted by atomic mass is 127. The van der Waals surface area contributed by atoms with Crippen molar-refractivity contribution < 1.29 is 8.78 Å². The van der Waals surface area contributed by atoms with Crippen LogP contribution in [0.1, 0.15) is 44.6 Å². The smallest absolute Gasteiger partial charge is 0.163 e. The summed E-state index contributed by atoms with van der Waals surface area (Å²) in [7, 11) is 0. The summed E-state index contributed by atoms with van der Waals surface area (Å²) >= 11 is 4.01. The average molecular weight is 428 g/mol. The number of thioether (sulfide) groups is 1. The molecule has 1 aliphatic heterocycles. The zero-order valence-corrected chi connectivity index (χ0v) is 14.9. The Balaban J connectivity index is 1.87. The number of alkyl halides is 1. The lowest BCUT2D eigenvalue weighted by Crippen LogP contribution is -2.06. The fourth-order valence-corrected chi connectivity index (χ4v) is 5.89. The minimum absolute atomic E-state index is 0.0833. The van der Waals surface area contributed by atoms with Crippen molar-refractivity contribution >= 4 is 34.4 Å². The van der Waals surface area contributed by atoms with Gasteiger partial charge in [-0.2, -0.15) is 0 Å². The molecule has 0 fully saturated rings. The lowest BCUT2D eigenvalue weighted by atomic mass is 9.89. The predicted octanol–water partition coefficient (Wildman–Crippen LogP) is 5.97. The summed E-state index contributed by atoms with van der Waals surface area (Å²) in [6.45, 7) is 0. The Bertz CT molecular complexity index is 757. The Labute approximate surface area is 146 Å². The first-order chi connectivity index (χ1) is 10.6. The Kier molecular flexibility index (Phi) is 3.93. The second-order valence-corrected chi connectivity index (χ2v) is 8.21. The third-order valence-electron chi connectivity index (χ3n) is 4.62. The van der Waals surface area contributed by atoms with Crippen LogP contribution < -0.4 is 0 Å². The van der Waals surface area contributed by atoms with E-state index in [1.165, 1.54) is 40.5 Å². The Morgan fingerprint density at radius 2 is 1.73 bits per heavy atom. The number of aryl methyl sites for hydroxylation is 2. The molecule has 4 heteroatoms. The van der Waals surface area contributed by atoms with Gasteiger partial charge in [0.15, 0.2) is 11.6 Å². The fraction of sp³-hybridized carbons (Fsp3) is 0.333. The van der Waals surface area contributed by atoms with Crippen LogP contribution in [-0.4, -0.2) is 0 Å². The van der Waals surface area contributed by atoms with Crippen molar-refractivity contribution in [3.63, 3.8) is 0 Å². The molecule has 1 heterocycles. The Morgan fingerprint density at radius 3 is 2.50 bits per heavy atom. The zero-order valence-electron chi connectivity index (χ0n) is 12.0. The molecule has 0 bridgehead atoms. The predicted molar refractivity (Wildman–Crippen MR) is 94.9 cm³/mol. The topological polar surface area (TPSA) is 0 Å². The molecule has 2 aromatic rings. The maximum absolute atomic E-state index is 14.2. The van der Waals surface area contributed by atoms with E-state index in [2.05, 4.69) is 34.7 Å². The first-order valence-electron chi connectivity index (χ1n) is 7.54. The molecule has 0 amide bonds. The number of halogens is 3. The van der Waals surface area contributed by atoms with Gasteiger partial charge < -0.3 is 0 Å². The van der Waals surface area contributed by atoms with Crippen molar-refractivity contribution in [1.82, 2.24) is 0 Å². The second-order valence-electron chi connectivity index (χ2n) is 5.95. The molecule has 0 saturated heterocycles. The van der Waals surface area contributed by atoms with E-state index >= 15 is 0 Å². The number of rotatable bonds is 0. The Hall–Kier alpha value is -0.620.